The van der Waals surface area contributed by atoms with Crippen molar-refractivity contribution >= 4 is 5.69 Å². The van der Waals surface area contributed by atoms with Crippen LogP contribution in [0.4, 0.5) is 14.5 Å². The van der Waals surface area contributed by atoms with Crippen LogP contribution in [0.5, 0.6) is 0 Å². The zero-order valence-corrected chi connectivity index (χ0v) is 9.17. The Labute approximate surface area is 93.6 Å². The van der Waals surface area contributed by atoms with E-state index in [4.69, 9.17) is 4.74 Å². The molecule has 88 valence electrons. The first-order valence-corrected chi connectivity index (χ1v) is 5.48. The van der Waals surface area contributed by atoms with Crippen molar-refractivity contribution in [2.45, 2.75) is 31.9 Å². The van der Waals surface area contributed by atoms with Gasteiger partial charge in [-0.1, -0.05) is 0 Å². The van der Waals surface area contributed by atoms with Crippen LogP contribution < -0.4 is 5.32 Å². The molecule has 1 heterocycles. The summed E-state index contributed by atoms with van der Waals surface area (Å²) in [6, 6.07) is 3.72. The van der Waals surface area contributed by atoms with Gasteiger partial charge in [-0.05, 0) is 31.9 Å². The Morgan fingerprint density at radius 1 is 1.25 bits per heavy atom. The van der Waals surface area contributed by atoms with E-state index in [0.717, 1.165) is 18.9 Å². The maximum atomic E-state index is 13.0. The van der Waals surface area contributed by atoms with E-state index in [2.05, 4.69) is 5.32 Å². The van der Waals surface area contributed by atoms with Crippen molar-refractivity contribution in [1.29, 1.82) is 0 Å². The molecule has 0 saturated carbocycles. The fourth-order valence-electron chi connectivity index (χ4n) is 2.00. The van der Waals surface area contributed by atoms with Gasteiger partial charge in [-0.3, -0.25) is 0 Å². The van der Waals surface area contributed by atoms with Crippen LogP contribution in [0.1, 0.15) is 19.8 Å². The second kappa shape index (κ2) is 4.78. The summed E-state index contributed by atoms with van der Waals surface area (Å²) in [6.07, 6.45) is 1.92. The van der Waals surface area contributed by atoms with Crippen molar-refractivity contribution in [3.05, 3.63) is 29.8 Å². The van der Waals surface area contributed by atoms with Gasteiger partial charge in [-0.25, -0.2) is 8.78 Å². The minimum absolute atomic E-state index is 0.199. The molecule has 1 aliphatic heterocycles. The van der Waals surface area contributed by atoms with E-state index >= 15 is 0 Å². The molecule has 1 N–H and O–H groups in total. The minimum atomic E-state index is -0.553. The number of halogens is 2. The molecule has 0 aromatic heterocycles. The molecule has 1 saturated heterocycles. The Bertz CT molecular complexity index is 350. The van der Waals surface area contributed by atoms with Crippen LogP contribution in [0.3, 0.4) is 0 Å². The Balaban J connectivity index is 2.02. The lowest BCUT2D eigenvalue weighted by atomic mass is 10.0. The van der Waals surface area contributed by atoms with Crippen LogP contribution in [0.25, 0.3) is 0 Å². The molecule has 1 fully saturated rings. The highest BCUT2D eigenvalue weighted by atomic mass is 19.1. The highest BCUT2D eigenvalue weighted by molar-refractivity contribution is 5.44. The van der Waals surface area contributed by atoms with Crippen LogP contribution in [0.15, 0.2) is 18.2 Å². The highest BCUT2D eigenvalue weighted by Gasteiger charge is 2.19. The van der Waals surface area contributed by atoms with Gasteiger partial charge in [0.1, 0.15) is 11.6 Å². The van der Waals surface area contributed by atoms with E-state index in [1.807, 2.05) is 6.92 Å². The van der Waals surface area contributed by atoms with Gasteiger partial charge >= 0.3 is 0 Å². The van der Waals surface area contributed by atoms with Crippen molar-refractivity contribution in [2.75, 3.05) is 11.9 Å². The second-order valence-corrected chi connectivity index (χ2v) is 4.21. The topological polar surface area (TPSA) is 21.3 Å². The first-order valence-electron chi connectivity index (χ1n) is 5.48. The Hall–Kier alpha value is -1.16. The monoisotopic (exact) mass is 227 g/mol. The molecule has 0 amide bonds. The van der Waals surface area contributed by atoms with Gasteiger partial charge in [-0.2, -0.15) is 0 Å². The molecular weight excluding hydrogens is 212 g/mol. The van der Waals surface area contributed by atoms with Crippen LogP contribution >= 0.6 is 0 Å². The lowest BCUT2D eigenvalue weighted by molar-refractivity contribution is 0.0232. The molecule has 1 aromatic carbocycles. The van der Waals surface area contributed by atoms with E-state index in [9.17, 15) is 8.78 Å². The molecule has 0 spiro atoms. The second-order valence-electron chi connectivity index (χ2n) is 4.21. The molecule has 2 unspecified atom stereocenters. The normalized spacial score (nSPS) is 25.4. The molecule has 2 rings (SSSR count). The maximum Gasteiger partial charge on any atom is 0.128 e. The predicted molar refractivity (Wildman–Crippen MR) is 58.4 cm³/mol. The molecular formula is C12H15F2NO. The maximum absolute atomic E-state index is 13.0. The SMILES string of the molecule is CC1CC(Nc2cc(F)cc(F)c2)CCO1. The van der Waals surface area contributed by atoms with Gasteiger partial charge in [0.25, 0.3) is 0 Å². The lowest BCUT2D eigenvalue weighted by Gasteiger charge is -2.28. The van der Waals surface area contributed by atoms with Crippen LogP contribution in [0.2, 0.25) is 0 Å². The number of ether oxygens (including phenoxy) is 1. The Morgan fingerprint density at radius 2 is 1.94 bits per heavy atom. The molecule has 0 aliphatic carbocycles. The molecule has 1 aromatic rings. The summed E-state index contributed by atoms with van der Waals surface area (Å²) >= 11 is 0. The first-order chi connectivity index (χ1) is 7.63. The zero-order valence-electron chi connectivity index (χ0n) is 9.17. The summed E-state index contributed by atoms with van der Waals surface area (Å²) in [4.78, 5) is 0. The molecule has 2 atom stereocenters. The standard InChI is InChI=1S/C12H15F2NO/c1-8-4-11(2-3-16-8)15-12-6-9(13)5-10(14)7-12/h5-8,11,15H,2-4H2,1H3. The molecule has 4 heteroatoms. The Morgan fingerprint density at radius 3 is 2.56 bits per heavy atom. The quantitative estimate of drug-likeness (QED) is 0.838. The number of rotatable bonds is 2. The van der Waals surface area contributed by atoms with E-state index in [1.165, 1.54) is 12.1 Å². The van der Waals surface area contributed by atoms with Gasteiger partial charge in [-0.15, -0.1) is 0 Å². The average molecular weight is 227 g/mol. The number of hydrogen-bond donors (Lipinski definition) is 1. The largest absolute Gasteiger partial charge is 0.382 e. The molecule has 1 aliphatic rings. The number of hydrogen-bond acceptors (Lipinski definition) is 2. The average Bonchev–Trinajstić information content (AvgIpc) is 2.15. The Kier molecular flexibility index (Phi) is 3.39. The van der Waals surface area contributed by atoms with Crippen molar-refractivity contribution < 1.29 is 13.5 Å². The summed E-state index contributed by atoms with van der Waals surface area (Å²) in [5.41, 5.74) is 0.497. The summed E-state index contributed by atoms with van der Waals surface area (Å²) in [7, 11) is 0. The molecule has 0 bridgehead atoms. The van der Waals surface area contributed by atoms with Gasteiger partial charge in [0, 0.05) is 24.4 Å². The van der Waals surface area contributed by atoms with Crippen LogP contribution in [-0.4, -0.2) is 18.8 Å². The van der Waals surface area contributed by atoms with Crippen molar-refractivity contribution in [2.24, 2.45) is 0 Å². The lowest BCUT2D eigenvalue weighted by Crippen LogP contribution is -2.32. The first kappa shape index (κ1) is 11.3. The van der Waals surface area contributed by atoms with Gasteiger partial charge in [0.15, 0.2) is 0 Å². The number of nitrogens with one attached hydrogen (secondary N) is 1. The number of anilines is 1. The zero-order chi connectivity index (χ0) is 11.5. The molecule has 0 radical (unpaired) electrons. The van der Waals surface area contributed by atoms with Gasteiger partial charge < -0.3 is 10.1 Å². The van der Waals surface area contributed by atoms with Gasteiger partial charge in [0.2, 0.25) is 0 Å². The fourth-order valence-corrected chi connectivity index (χ4v) is 2.00. The van der Waals surface area contributed by atoms with E-state index in [1.54, 1.807) is 0 Å². The molecule has 16 heavy (non-hydrogen) atoms. The predicted octanol–water partition coefficient (Wildman–Crippen LogP) is 2.94. The highest BCUT2D eigenvalue weighted by Crippen LogP contribution is 2.20. The summed E-state index contributed by atoms with van der Waals surface area (Å²) in [5.74, 6) is -1.11. The van der Waals surface area contributed by atoms with Crippen LogP contribution in [-0.2, 0) is 4.74 Å². The summed E-state index contributed by atoms with van der Waals surface area (Å²) < 4.78 is 31.3. The number of benzene rings is 1. The summed E-state index contributed by atoms with van der Waals surface area (Å²) in [5, 5.41) is 3.13. The van der Waals surface area contributed by atoms with E-state index in [-0.39, 0.29) is 12.1 Å². The molecule has 2 nitrogen and oxygen atoms in total. The third kappa shape index (κ3) is 2.92. The summed E-state index contributed by atoms with van der Waals surface area (Å²) in [6.45, 7) is 2.69. The smallest absolute Gasteiger partial charge is 0.128 e. The van der Waals surface area contributed by atoms with Gasteiger partial charge in [0.05, 0.1) is 6.10 Å². The minimum Gasteiger partial charge on any atom is -0.382 e. The van der Waals surface area contributed by atoms with E-state index in [0.29, 0.717) is 12.3 Å². The third-order valence-electron chi connectivity index (χ3n) is 2.72. The van der Waals surface area contributed by atoms with Crippen molar-refractivity contribution in [3.63, 3.8) is 0 Å². The van der Waals surface area contributed by atoms with Crippen molar-refractivity contribution in [3.8, 4) is 0 Å². The van der Waals surface area contributed by atoms with E-state index < -0.39 is 11.6 Å². The fraction of sp³-hybridized carbons (Fsp3) is 0.500. The third-order valence-corrected chi connectivity index (χ3v) is 2.72. The van der Waals surface area contributed by atoms with Crippen LogP contribution in [0, 0.1) is 11.6 Å². The van der Waals surface area contributed by atoms with Crippen molar-refractivity contribution in [1.82, 2.24) is 0 Å².